The fraction of sp³-hybridized carbons (Fsp3) is 0.643. The second kappa shape index (κ2) is 13.0. The topological polar surface area (TPSA) is 23.8 Å². The highest BCUT2D eigenvalue weighted by Crippen LogP contribution is 2.07. The molecule has 0 spiro atoms. The van der Waals surface area contributed by atoms with E-state index in [0.29, 0.717) is 0 Å². The maximum atomic E-state index is 8.27. The first-order valence-electron chi connectivity index (χ1n) is 6.11. The lowest BCUT2D eigenvalue weighted by molar-refractivity contribution is 0.622. The minimum atomic E-state index is 1.06. The minimum absolute atomic E-state index is 1.06. The molecule has 0 amide bonds. The molecule has 1 heteroatoms. The van der Waals surface area contributed by atoms with Gasteiger partial charge in [-0.05, 0) is 32.1 Å². The van der Waals surface area contributed by atoms with Crippen molar-refractivity contribution in [2.75, 3.05) is 0 Å². The summed E-state index contributed by atoms with van der Waals surface area (Å²) in [6.07, 6.45) is 18.1. The first kappa shape index (κ1) is 14.0. The van der Waals surface area contributed by atoms with E-state index in [1.807, 2.05) is 12.1 Å². The quantitative estimate of drug-likeness (QED) is 0.302. The summed E-state index contributed by atoms with van der Waals surface area (Å²) in [5, 5.41) is 8.27. The Kier molecular flexibility index (Phi) is 12.1. The second-order valence-electron chi connectivity index (χ2n) is 3.76. The average molecular weight is 205 g/mol. The Morgan fingerprint density at radius 2 is 1.47 bits per heavy atom. The van der Waals surface area contributed by atoms with Crippen LogP contribution in [-0.2, 0) is 0 Å². The summed E-state index contributed by atoms with van der Waals surface area (Å²) >= 11 is 0. The first-order valence-corrected chi connectivity index (χ1v) is 6.11. The highest BCUT2D eigenvalue weighted by Gasteiger charge is 1.88. The van der Waals surface area contributed by atoms with Gasteiger partial charge in [0.25, 0.3) is 0 Å². The smallest absolute Gasteiger partial charge is 0.0908 e. The molecule has 0 aliphatic heterocycles. The van der Waals surface area contributed by atoms with E-state index in [1.165, 1.54) is 38.5 Å². The van der Waals surface area contributed by atoms with Crippen LogP contribution in [-0.4, -0.2) is 0 Å². The SMILES string of the molecule is CC/C=C/CCCCCCC/C=C/C#N. The maximum absolute atomic E-state index is 8.27. The Bertz CT molecular complexity index is 208. The number of nitrogens with zero attached hydrogens (tertiary/aromatic N) is 1. The van der Waals surface area contributed by atoms with Gasteiger partial charge in [0.1, 0.15) is 0 Å². The molecule has 1 nitrogen and oxygen atoms in total. The summed E-state index contributed by atoms with van der Waals surface area (Å²) < 4.78 is 0. The molecule has 0 aromatic rings. The summed E-state index contributed by atoms with van der Waals surface area (Å²) in [7, 11) is 0. The largest absolute Gasteiger partial charge is 0.193 e. The number of allylic oxidation sites excluding steroid dienone is 4. The molecule has 0 aromatic carbocycles. The highest BCUT2D eigenvalue weighted by atomic mass is 14.2. The number of hydrogen-bond donors (Lipinski definition) is 0. The first-order chi connectivity index (χ1) is 7.41. The molecule has 0 fully saturated rings. The molecule has 0 aliphatic rings. The van der Waals surface area contributed by atoms with Crippen LogP contribution >= 0.6 is 0 Å². The van der Waals surface area contributed by atoms with Crippen LogP contribution in [0.25, 0.3) is 0 Å². The third-order valence-corrected chi connectivity index (χ3v) is 2.34. The van der Waals surface area contributed by atoms with Gasteiger partial charge in [-0.3, -0.25) is 0 Å². The molecule has 0 heterocycles. The van der Waals surface area contributed by atoms with Crippen molar-refractivity contribution in [2.24, 2.45) is 0 Å². The molecule has 0 aliphatic carbocycles. The van der Waals surface area contributed by atoms with E-state index in [-0.39, 0.29) is 0 Å². The maximum Gasteiger partial charge on any atom is 0.0908 e. The summed E-state index contributed by atoms with van der Waals surface area (Å²) in [6, 6.07) is 2.01. The van der Waals surface area contributed by atoms with E-state index < -0.39 is 0 Å². The van der Waals surface area contributed by atoms with Gasteiger partial charge >= 0.3 is 0 Å². The van der Waals surface area contributed by atoms with Gasteiger partial charge in [-0.15, -0.1) is 0 Å². The molecule has 15 heavy (non-hydrogen) atoms. The molecular weight excluding hydrogens is 182 g/mol. The molecule has 0 saturated heterocycles. The predicted octanol–water partition coefficient (Wildman–Crippen LogP) is 4.76. The monoisotopic (exact) mass is 205 g/mol. The zero-order valence-electron chi connectivity index (χ0n) is 9.91. The molecule has 0 radical (unpaired) electrons. The standard InChI is InChI=1S/C14H23N/c1-2-3-4-5-6-7-8-9-10-11-12-13-14-15/h3-4,12-13H,2,5-11H2,1H3/b4-3+,13-12+. The summed E-state index contributed by atoms with van der Waals surface area (Å²) in [4.78, 5) is 0. The van der Waals surface area contributed by atoms with Gasteiger partial charge in [-0.25, -0.2) is 0 Å². The molecule has 0 atom stereocenters. The van der Waals surface area contributed by atoms with Crippen LogP contribution in [0.5, 0.6) is 0 Å². The molecule has 84 valence electrons. The van der Waals surface area contributed by atoms with Crippen LogP contribution < -0.4 is 0 Å². The number of unbranched alkanes of at least 4 members (excludes halogenated alkanes) is 6. The number of rotatable bonds is 9. The van der Waals surface area contributed by atoms with Crippen LogP contribution in [0.1, 0.15) is 58.3 Å². The normalized spacial score (nSPS) is 11.2. The van der Waals surface area contributed by atoms with Crippen molar-refractivity contribution >= 4 is 0 Å². The van der Waals surface area contributed by atoms with Gasteiger partial charge in [0.05, 0.1) is 6.07 Å². The van der Waals surface area contributed by atoms with Crippen molar-refractivity contribution in [3.8, 4) is 6.07 Å². The van der Waals surface area contributed by atoms with Crippen molar-refractivity contribution in [3.63, 3.8) is 0 Å². The van der Waals surface area contributed by atoms with Crippen molar-refractivity contribution in [1.82, 2.24) is 0 Å². The summed E-state index contributed by atoms with van der Waals surface area (Å²) in [6.45, 7) is 2.17. The molecule has 0 saturated carbocycles. The van der Waals surface area contributed by atoms with E-state index >= 15 is 0 Å². The third kappa shape index (κ3) is 13.0. The average Bonchev–Trinajstić information content (AvgIpc) is 2.26. The molecular formula is C14H23N. The van der Waals surface area contributed by atoms with E-state index in [1.54, 1.807) is 6.08 Å². The van der Waals surface area contributed by atoms with Gasteiger partial charge in [0.2, 0.25) is 0 Å². The molecule has 0 unspecified atom stereocenters. The van der Waals surface area contributed by atoms with E-state index in [0.717, 1.165) is 12.8 Å². The van der Waals surface area contributed by atoms with Crippen molar-refractivity contribution in [2.45, 2.75) is 58.3 Å². The van der Waals surface area contributed by atoms with Crippen molar-refractivity contribution in [3.05, 3.63) is 24.3 Å². The van der Waals surface area contributed by atoms with Gasteiger partial charge in [-0.2, -0.15) is 5.26 Å². The van der Waals surface area contributed by atoms with Crippen LogP contribution in [0, 0.1) is 11.3 Å². The lowest BCUT2D eigenvalue weighted by atomic mass is 10.1. The van der Waals surface area contributed by atoms with Crippen LogP contribution in [0.3, 0.4) is 0 Å². The Hall–Kier alpha value is -1.03. The van der Waals surface area contributed by atoms with Crippen LogP contribution in [0.15, 0.2) is 24.3 Å². The van der Waals surface area contributed by atoms with Crippen molar-refractivity contribution < 1.29 is 0 Å². The molecule has 0 N–H and O–H groups in total. The number of nitriles is 1. The fourth-order valence-electron chi connectivity index (χ4n) is 1.48. The minimum Gasteiger partial charge on any atom is -0.193 e. The van der Waals surface area contributed by atoms with E-state index in [4.69, 9.17) is 5.26 Å². The van der Waals surface area contributed by atoms with Crippen molar-refractivity contribution in [1.29, 1.82) is 5.26 Å². The molecule has 0 aromatic heterocycles. The lowest BCUT2D eigenvalue weighted by Gasteiger charge is -1.97. The van der Waals surface area contributed by atoms with Crippen LogP contribution in [0.4, 0.5) is 0 Å². The third-order valence-electron chi connectivity index (χ3n) is 2.34. The molecule has 0 rings (SSSR count). The Morgan fingerprint density at radius 3 is 2.07 bits per heavy atom. The summed E-state index contributed by atoms with van der Waals surface area (Å²) in [5.74, 6) is 0. The Labute approximate surface area is 94.5 Å². The second-order valence-corrected chi connectivity index (χ2v) is 3.76. The van der Waals surface area contributed by atoms with Gasteiger partial charge in [-0.1, -0.05) is 44.4 Å². The molecule has 0 bridgehead atoms. The van der Waals surface area contributed by atoms with Gasteiger partial charge in [0.15, 0.2) is 0 Å². The summed E-state index contributed by atoms with van der Waals surface area (Å²) in [5.41, 5.74) is 0. The van der Waals surface area contributed by atoms with Gasteiger partial charge < -0.3 is 0 Å². The fourth-order valence-corrected chi connectivity index (χ4v) is 1.48. The predicted molar refractivity (Wildman–Crippen MR) is 66.5 cm³/mol. The zero-order valence-corrected chi connectivity index (χ0v) is 9.91. The lowest BCUT2D eigenvalue weighted by Crippen LogP contribution is -1.78. The van der Waals surface area contributed by atoms with Crippen LogP contribution in [0.2, 0.25) is 0 Å². The highest BCUT2D eigenvalue weighted by molar-refractivity contribution is 5.01. The van der Waals surface area contributed by atoms with E-state index in [2.05, 4.69) is 19.1 Å². The van der Waals surface area contributed by atoms with E-state index in [9.17, 15) is 0 Å². The Balaban J connectivity index is 3.02. The number of hydrogen-bond acceptors (Lipinski definition) is 1. The van der Waals surface area contributed by atoms with Gasteiger partial charge in [0, 0.05) is 6.08 Å². The zero-order chi connectivity index (χ0) is 11.2. The Morgan fingerprint density at radius 1 is 0.867 bits per heavy atom.